The first-order chi connectivity index (χ1) is 15.2. The van der Waals surface area contributed by atoms with E-state index in [9.17, 15) is 4.79 Å². The van der Waals surface area contributed by atoms with E-state index in [1.165, 1.54) is 11.3 Å². The van der Waals surface area contributed by atoms with Crippen molar-refractivity contribution < 1.29 is 4.79 Å². The van der Waals surface area contributed by atoms with Crippen molar-refractivity contribution in [3.05, 3.63) is 88.5 Å². The lowest BCUT2D eigenvalue weighted by molar-refractivity contribution is 0.0957. The van der Waals surface area contributed by atoms with Crippen LogP contribution in [0.2, 0.25) is 0 Å². The number of rotatable bonds is 6. The normalized spacial score (nSPS) is 11.1. The van der Waals surface area contributed by atoms with Gasteiger partial charge in [-0.2, -0.15) is 0 Å². The topological polar surface area (TPSA) is 59.3 Å². The van der Waals surface area contributed by atoms with E-state index in [0.717, 1.165) is 38.2 Å². The van der Waals surface area contributed by atoms with Gasteiger partial charge in [-0.25, -0.2) is 9.97 Å². The van der Waals surface area contributed by atoms with Gasteiger partial charge in [0.2, 0.25) is 0 Å². The van der Waals surface area contributed by atoms with Crippen molar-refractivity contribution in [2.75, 3.05) is 6.54 Å². The molecule has 1 N–H and O–H groups in total. The second kappa shape index (κ2) is 8.45. The molecule has 0 aliphatic rings. The monoisotopic (exact) mass is 444 g/mol. The van der Waals surface area contributed by atoms with Gasteiger partial charge in [-0.1, -0.05) is 72.0 Å². The van der Waals surface area contributed by atoms with Gasteiger partial charge in [-0.15, -0.1) is 11.3 Å². The molecule has 0 aliphatic heterocycles. The summed E-state index contributed by atoms with van der Waals surface area (Å²) in [5.74, 6) is -0.0622. The van der Waals surface area contributed by atoms with Gasteiger partial charge in [0.15, 0.2) is 4.96 Å². The molecule has 5 aromatic rings. The van der Waals surface area contributed by atoms with Gasteiger partial charge < -0.3 is 5.32 Å². The summed E-state index contributed by atoms with van der Waals surface area (Å²) in [5, 5.41) is 6.09. The minimum atomic E-state index is -0.0622. The fourth-order valence-electron chi connectivity index (χ4n) is 3.43. The molecule has 0 bridgehead atoms. The molecule has 154 valence electrons. The first kappa shape index (κ1) is 19.7. The number of thiazole rings is 2. The Labute approximate surface area is 188 Å². The molecule has 0 unspecified atom stereocenters. The van der Waals surface area contributed by atoms with Gasteiger partial charge in [0.25, 0.3) is 5.91 Å². The third-order valence-corrected chi connectivity index (χ3v) is 7.17. The Balaban J connectivity index is 1.24. The molecule has 5 nitrogen and oxygen atoms in total. The van der Waals surface area contributed by atoms with Crippen LogP contribution in [0.3, 0.4) is 0 Å². The van der Waals surface area contributed by atoms with Crippen LogP contribution in [0.25, 0.3) is 26.8 Å². The zero-order valence-electron chi connectivity index (χ0n) is 16.9. The standard InChI is InChI=1S/C24H20N4OS2/c1-16-21(31-24-27-20(14-28(16)24)17-8-4-2-5-9-17)22(29)25-13-12-19-15-30-23(26-19)18-10-6-3-7-11-18/h2-11,14-15H,12-13H2,1H3,(H,25,29). The number of imidazole rings is 1. The van der Waals surface area contributed by atoms with Crippen molar-refractivity contribution in [3.8, 4) is 21.8 Å². The maximum Gasteiger partial charge on any atom is 0.263 e. The number of hydrogen-bond acceptors (Lipinski definition) is 5. The molecule has 31 heavy (non-hydrogen) atoms. The van der Waals surface area contributed by atoms with Crippen molar-refractivity contribution in [3.63, 3.8) is 0 Å². The van der Waals surface area contributed by atoms with E-state index in [1.54, 1.807) is 11.3 Å². The van der Waals surface area contributed by atoms with E-state index in [4.69, 9.17) is 4.98 Å². The van der Waals surface area contributed by atoms with Crippen molar-refractivity contribution in [2.45, 2.75) is 13.3 Å². The van der Waals surface area contributed by atoms with Gasteiger partial charge in [0.1, 0.15) is 9.88 Å². The summed E-state index contributed by atoms with van der Waals surface area (Å²) in [6, 6.07) is 20.2. The molecule has 0 aliphatic carbocycles. The molecule has 2 aromatic carbocycles. The molecule has 0 fully saturated rings. The van der Waals surface area contributed by atoms with Crippen molar-refractivity contribution in [1.82, 2.24) is 19.7 Å². The number of nitrogens with zero attached hydrogens (tertiary/aromatic N) is 3. The summed E-state index contributed by atoms with van der Waals surface area (Å²) in [6.07, 6.45) is 2.70. The largest absolute Gasteiger partial charge is 0.351 e. The van der Waals surface area contributed by atoms with Crippen LogP contribution in [0.1, 0.15) is 21.1 Å². The second-order valence-electron chi connectivity index (χ2n) is 7.18. The van der Waals surface area contributed by atoms with Crippen molar-refractivity contribution in [2.24, 2.45) is 0 Å². The van der Waals surface area contributed by atoms with Gasteiger partial charge in [0, 0.05) is 41.4 Å². The summed E-state index contributed by atoms with van der Waals surface area (Å²) in [4.78, 5) is 23.7. The molecule has 7 heteroatoms. The molecule has 5 rings (SSSR count). The average Bonchev–Trinajstić information content (AvgIpc) is 3.52. The molecule has 3 heterocycles. The van der Waals surface area contributed by atoms with E-state index in [1.807, 2.05) is 66.1 Å². The van der Waals surface area contributed by atoms with Crippen LogP contribution in [0.15, 0.2) is 72.2 Å². The van der Waals surface area contributed by atoms with Crippen LogP contribution < -0.4 is 5.32 Å². The van der Waals surface area contributed by atoms with Crippen molar-refractivity contribution >= 4 is 33.5 Å². The smallest absolute Gasteiger partial charge is 0.263 e. The Morgan fingerprint density at radius 3 is 2.42 bits per heavy atom. The average molecular weight is 445 g/mol. The van der Waals surface area contributed by atoms with Crippen LogP contribution in [-0.2, 0) is 6.42 Å². The molecule has 3 aromatic heterocycles. The lowest BCUT2D eigenvalue weighted by Gasteiger charge is -2.03. The fourth-order valence-corrected chi connectivity index (χ4v) is 5.31. The van der Waals surface area contributed by atoms with E-state index < -0.39 is 0 Å². The number of carbonyl (C=O) groups is 1. The van der Waals surface area contributed by atoms with Crippen LogP contribution in [0.4, 0.5) is 0 Å². The quantitative estimate of drug-likeness (QED) is 0.378. The third-order valence-electron chi connectivity index (χ3n) is 5.07. The second-order valence-corrected chi connectivity index (χ2v) is 9.01. The Kier molecular flexibility index (Phi) is 5.36. The first-order valence-corrected chi connectivity index (χ1v) is 11.7. The summed E-state index contributed by atoms with van der Waals surface area (Å²) >= 11 is 3.05. The maximum absolute atomic E-state index is 12.7. The summed E-state index contributed by atoms with van der Waals surface area (Å²) in [6.45, 7) is 2.51. The minimum absolute atomic E-state index is 0.0622. The molecule has 0 saturated carbocycles. The van der Waals surface area contributed by atoms with Gasteiger partial charge in [0.05, 0.1) is 11.4 Å². The molecule has 0 radical (unpaired) electrons. The van der Waals surface area contributed by atoms with Gasteiger partial charge in [-0.3, -0.25) is 9.20 Å². The lowest BCUT2D eigenvalue weighted by atomic mass is 10.2. The van der Waals surface area contributed by atoms with Crippen LogP contribution in [0, 0.1) is 6.92 Å². The molecule has 0 spiro atoms. The van der Waals surface area contributed by atoms with Crippen molar-refractivity contribution in [1.29, 1.82) is 0 Å². The fraction of sp³-hybridized carbons (Fsp3) is 0.125. The van der Waals surface area contributed by atoms with Crippen LogP contribution >= 0.6 is 22.7 Å². The highest BCUT2D eigenvalue weighted by Gasteiger charge is 2.18. The molecular weight excluding hydrogens is 424 g/mol. The van der Waals surface area contributed by atoms with E-state index in [0.29, 0.717) is 17.8 Å². The highest BCUT2D eigenvalue weighted by Crippen LogP contribution is 2.27. The predicted octanol–water partition coefficient (Wildman–Crippen LogP) is 5.47. The molecule has 0 atom stereocenters. The molecule has 0 saturated heterocycles. The Morgan fingerprint density at radius 2 is 1.71 bits per heavy atom. The number of benzene rings is 2. The predicted molar refractivity (Wildman–Crippen MR) is 127 cm³/mol. The Hall–Kier alpha value is -3.29. The lowest BCUT2D eigenvalue weighted by Crippen LogP contribution is -2.25. The summed E-state index contributed by atoms with van der Waals surface area (Å²) < 4.78 is 1.99. The number of carbonyl (C=O) groups excluding carboxylic acids is 1. The number of amides is 1. The number of aryl methyl sites for hydroxylation is 1. The Bertz CT molecular complexity index is 1340. The SMILES string of the molecule is Cc1c(C(=O)NCCc2csc(-c3ccccc3)n2)sc2nc(-c3ccccc3)cn12. The number of aromatic nitrogens is 3. The zero-order valence-corrected chi connectivity index (χ0v) is 18.5. The van der Waals surface area contributed by atoms with E-state index in [-0.39, 0.29) is 5.91 Å². The number of hydrogen-bond donors (Lipinski definition) is 1. The zero-order chi connectivity index (χ0) is 21.2. The van der Waals surface area contributed by atoms with Crippen LogP contribution in [-0.4, -0.2) is 26.8 Å². The highest BCUT2D eigenvalue weighted by molar-refractivity contribution is 7.19. The van der Waals surface area contributed by atoms with Gasteiger partial charge >= 0.3 is 0 Å². The molecular formula is C24H20N4OS2. The molecule has 1 amide bonds. The van der Waals surface area contributed by atoms with E-state index >= 15 is 0 Å². The van der Waals surface area contributed by atoms with Gasteiger partial charge in [-0.05, 0) is 6.92 Å². The minimum Gasteiger partial charge on any atom is -0.351 e. The maximum atomic E-state index is 12.7. The van der Waals surface area contributed by atoms with Crippen LogP contribution in [0.5, 0.6) is 0 Å². The number of nitrogens with one attached hydrogen (secondary N) is 1. The first-order valence-electron chi connectivity index (χ1n) is 10.0. The number of fused-ring (bicyclic) bond motifs is 1. The summed E-state index contributed by atoms with van der Waals surface area (Å²) in [5.41, 5.74) is 5.01. The van der Waals surface area contributed by atoms with E-state index in [2.05, 4.69) is 27.8 Å². The third kappa shape index (κ3) is 4.02. The highest BCUT2D eigenvalue weighted by atomic mass is 32.1. The summed E-state index contributed by atoms with van der Waals surface area (Å²) in [7, 11) is 0. The Morgan fingerprint density at radius 1 is 1.00 bits per heavy atom.